The molecule has 1 aliphatic carbocycles. The van der Waals surface area contributed by atoms with E-state index < -0.39 is 0 Å². The molecule has 1 fully saturated rings. The van der Waals surface area contributed by atoms with E-state index in [1.54, 1.807) is 0 Å². The summed E-state index contributed by atoms with van der Waals surface area (Å²) in [4.78, 5) is 0. The predicted molar refractivity (Wildman–Crippen MR) is 83.6 cm³/mol. The van der Waals surface area contributed by atoms with Gasteiger partial charge in [-0.05, 0) is 59.5 Å². The Morgan fingerprint density at radius 3 is 2.76 bits per heavy atom. The van der Waals surface area contributed by atoms with Crippen LogP contribution < -0.4 is 5.32 Å². The van der Waals surface area contributed by atoms with Crippen LogP contribution in [0.5, 0.6) is 0 Å². The van der Waals surface area contributed by atoms with Crippen LogP contribution in [0, 0.1) is 16.4 Å². The normalized spacial score (nSPS) is 17.1. The minimum Gasteiger partial charge on any atom is -0.385 e. The molecule has 1 aliphatic rings. The van der Waals surface area contributed by atoms with Gasteiger partial charge in [0.05, 0.1) is 0 Å². The van der Waals surface area contributed by atoms with Gasteiger partial charge in [-0.15, -0.1) is 0 Å². The van der Waals surface area contributed by atoms with E-state index in [0.717, 1.165) is 12.5 Å². The highest BCUT2D eigenvalue weighted by Gasteiger charge is 2.12. The van der Waals surface area contributed by atoms with Gasteiger partial charge in [0, 0.05) is 15.8 Å². The molecule has 0 spiro atoms. The first kappa shape index (κ1) is 13.2. The number of anilines is 1. The molecule has 0 radical (unpaired) electrons. The number of benzene rings is 1. The summed E-state index contributed by atoms with van der Waals surface area (Å²) in [5.41, 5.74) is 2.70. The molecule has 0 heterocycles. The number of nitrogens with one attached hydrogen (secondary N) is 1. The third-order valence-corrected chi connectivity index (χ3v) is 5.03. The van der Waals surface area contributed by atoms with Crippen molar-refractivity contribution < 1.29 is 0 Å². The van der Waals surface area contributed by atoms with E-state index in [4.69, 9.17) is 0 Å². The Bertz CT molecular complexity index is 356. The van der Waals surface area contributed by atoms with Crippen LogP contribution in [0.1, 0.15) is 44.1 Å². The lowest BCUT2D eigenvalue weighted by atomic mass is 9.87. The first-order valence-corrected chi connectivity index (χ1v) is 7.84. The van der Waals surface area contributed by atoms with Crippen molar-refractivity contribution in [2.75, 3.05) is 11.9 Å². The van der Waals surface area contributed by atoms with Crippen molar-refractivity contribution in [3.8, 4) is 0 Å². The molecular formula is C15H22IN. The summed E-state index contributed by atoms with van der Waals surface area (Å²) < 4.78 is 1.35. The van der Waals surface area contributed by atoms with Crippen molar-refractivity contribution in [1.82, 2.24) is 0 Å². The quantitative estimate of drug-likeness (QED) is 0.760. The molecule has 0 aromatic heterocycles. The van der Waals surface area contributed by atoms with Crippen LogP contribution >= 0.6 is 22.6 Å². The zero-order valence-corrected chi connectivity index (χ0v) is 12.8. The number of hydrogen-bond donors (Lipinski definition) is 1. The second-order valence-electron chi connectivity index (χ2n) is 5.13. The van der Waals surface area contributed by atoms with Gasteiger partial charge in [-0.2, -0.15) is 0 Å². The maximum Gasteiger partial charge on any atom is 0.0380 e. The van der Waals surface area contributed by atoms with Crippen LogP contribution in [-0.2, 0) is 0 Å². The number of halogens is 1. The van der Waals surface area contributed by atoms with Crippen molar-refractivity contribution in [3.63, 3.8) is 0 Å². The van der Waals surface area contributed by atoms with Gasteiger partial charge in [0.25, 0.3) is 0 Å². The van der Waals surface area contributed by atoms with E-state index in [2.05, 4.69) is 53.0 Å². The summed E-state index contributed by atoms with van der Waals surface area (Å²) in [5.74, 6) is 0.972. The Balaban J connectivity index is 1.79. The second-order valence-corrected chi connectivity index (χ2v) is 6.29. The zero-order chi connectivity index (χ0) is 12.1. The first-order valence-electron chi connectivity index (χ1n) is 6.76. The van der Waals surface area contributed by atoms with Crippen molar-refractivity contribution in [2.24, 2.45) is 5.92 Å². The highest BCUT2D eigenvalue weighted by Crippen LogP contribution is 2.26. The molecule has 2 heteroatoms. The Labute approximate surface area is 119 Å². The largest absolute Gasteiger partial charge is 0.385 e. The van der Waals surface area contributed by atoms with Crippen molar-refractivity contribution >= 4 is 28.3 Å². The maximum absolute atomic E-state index is 3.60. The fourth-order valence-corrected chi connectivity index (χ4v) is 3.18. The fourth-order valence-electron chi connectivity index (χ4n) is 2.69. The molecule has 17 heavy (non-hydrogen) atoms. The van der Waals surface area contributed by atoms with Crippen molar-refractivity contribution in [3.05, 3.63) is 27.3 Å². The minimum atomic E-state index is 0.972. The third-order valence-electron chi connectivity index (χ3n) is 3.86. The summed E-state index contributed by atoms with van der Waals surface area (Å²) in [5, 5.41) is 3.60. The molecule has 0 aliphatic heterocycles. The maximum atomic E-state index is 3.60. The molecular weight excluding hydrogens is 321 g/mol. The Hall–Kier alpha value is -0.250. The molecule has 0 bridgehead atoms. The highest BCUT2D eigenvalue weighted by atomic mass is 127. The highest BCUT2D eigenvalue weighted by molar-refractivity contribution is 14.1. The van der Waals surface area contributed by atoms with Crippen LogP contribution in [0.15, 0.2) is 18.2 Å². The molecule has 0 atom stereocenters. The van der Waals surface area contributed by atoms with Gasteiger partial charge in [0.2, 0.25) is 0 Å². The van der Waals surface area contributed by atoms with Crippen molar-refractivity contribution in [2.45, 2.75) is 45.4 Å². The van der Waals surface area contributed by atoms with Crippen LogP contribution in [0.2, 0.25) is 0 Å². The van der Waals surface area contributed by atoms with Gasteiger partial charge in [0.15, 0.2) is 0 Å². The lowest BCUT2D eigenvalue weighted by Crippen LogP contribution is -2.12. The van der Waals surface area contributed by atoms with E-state index in [1.807, 2.05) is 0 Å². The third kappa shape index (κ3) is 3.87. The lowest BCUT2D eigenvalue weighted by molar-refractivity contribution is 0.345. The molecule has 1 saturated carbocycles. The Kier molecular flexibility index (Phi) is 5.14. The van der Waals surface area contributed by atoms with Crippen LogP contribution in [0.3, 0.4) is 0 Å². The van der Waals surface area contributed by atoms with E-state index in [0.29, 0.717) is 0 Å². The summed E-state index contributed by atoms with van der Waals surface area (Å²) in [6.45, 7) is 3.33. The monoisotopic (exact) mass is 343 g/mol. The van der Waals surface area contributed by atoms with E-state index in [1.165, 1.54) is 53.3 Å². The molecule has 1 N–H and O–H groups in total. The molecule has 1 aromatic carbocycles. The van der Waals surface area contributed by atoms with E-state index in [-0.39, 0.29) is 0 Å². The van der Waals surface area contributed by atoms with E-state index in [9.17, 15) is 0 Å². The average Bonchev–Trinajstić information content (AvgIpc) is 2.36. The molecule has 1 aromatic rings. The van der Waals surface area contributed by atoms with Crippen LogP contribution in [-0.4, -0.2) is 6.54 Å². The Morgan fingerprint density at radius 2 is 2.00 bits per heavy atom. The van der Waals surface area contributed by atoms with Gasteiger partial charge < -0.3 is 5.32 Å². The lowest BCUT2D eigenvalue weighted by Gasteiger charge is -2.22. The van der Waals surface area contributed by atoms with Gasteiger partial charge in [-0.3, -0.25) is 0 Å². The van der Waals surface area contributed by atoms with Gasteiger partial charge in [-0.1, -0.05) is 38.2 Å². The molecule has 2 rings (SSSR count). The zero-order valence-electron chi connectivity index (χ0n) is 10.6. The number of hydrogen-bond acceptors (Lipinski definition) is 1. The predicted octanol–water partition coefficient (Wildman–Crippen LogP) is 4.98. The molecule has 94 valence electrons. The molecule has 1 nitrogen and oxygen atoms in total. The minimum absolute atomic E-state index is 0.972. The molecule has 0 saturated heterocycles. The van der Waals surface area contributed by atoms with Crippen LogP contribution in [0.25, 0.3) is 0 Å². The fraction of sp³-hybridized carbons (Fsp3) is 0.600. The average molecular weight is 343 g/mol. The summed E-state index contributed by atoms with van der Waals surface area (Å²) in [6, 6.07) is 6.50. The first-order chi connectivity index (χ1) is 8.27. The summed E-state index contributed by atoms with van der Waals surface area (Å²) >= 11 is 2.40. The SMILES string of the molecule is Cc1c(I)cccc1NCCC1CCCCC1. The standard InChI is InChI=1S/C15H22IN/c1-12-14(16)8-5-9-15(12)17-11-10-13-6-3-2-4-7-13/h5,8-9,13,17H,2-4,6-7,10-11H2,1H3. The van der Waals surface area contributed by atoms with Crippen LogP contribution in [0.4, 0.5) is 5.69 Å². The number of rotatable bonds is 4. The van der Waals surface area contributed by atoms with Crippen molar-refractivity contribution in [1.29, 1.82) is 0 Å². The van der Waals surface area contributed by atoms with Gasteiger partial charge in [-0.25, -0.2) is 0 Å². The van der Waals surface area contributed by atoms with E-state index >= 15 is 0 Å². The molecule has 0 unspecified atom stereocenters. The Morgan fingerprint density at radius 1 is 1.24 bits per heavy atom. The topological polar surface area (TPSA) is 12.0 Å². The molecule has 0 amide bonds. The van der Waals surface area contributed by atoms with Gasteiger partial charge >= 0.3 is 0 Å². The summed E-state index contributed by atoms with van der Waals surface area (Å²) in [7, 11) is 0. The summed E-state index contributed by atoms with van der Waals surface area (Å²) in [6.07, 6.45) is 8.60. The smallest absolute Gasteiger partial charge is 0.0380 e. The van der Waals surface area contributed by atoms with Gasteiger partial charge in [0.1, 0.15) is 0 Å². The second kappa shape index (κ2) is 6.62.